The molecule has 0 aromatic rings. The van der Waals surface area contributed by atoms with Gasteiger partial charge in [0.05, 0.1) is 0 Å². The lowest BCUT2D eigenvalue weighted by Crippen LogP contribution is -2.57. The highest BCUT2D eigenvalue weighted by atomic mass is 19.4. The van der Waals surface area contributed by atoms with Gasteiger partial charge in [-0.1, -0.05) is 0 Å². The monoisotopic (exact) mass is 434 g/mol. The number of halogens is 16. The molecule has 0 amide bonds. The van der Waals surface area contributed by atoms with Gasteiger partial charge < -0.3 is 0 Å². The molecule has 0 bridgehead atoms. The van der Waals surface area contributed by atoms with Gasteiger partial charge in [0, 0.05) is 0 Å². The van der Waals surface area contributed by atoms with Crippen molar-refractivity contribution in [3.63, 3.8) is 0 Å². The third-order valence-electron chi connectivity index (χ3n) is 2.11. The number of alkyl halides is 16. The second kappa shape index (κ2) is 6.75. The van der Waals surface area contributed by atoms with Gasteiger partial charge in [0.2, 0.25) is 0 Å². The predicted octanol–water partition coefficient (Wildman–Crippen LogP) is 5.19. The molecule has 0 aliphatic rings. The van der Waals surface area contributed by atoms with Crippen LogP contribution in [0.1, 0.15) is 0 Å². The van der Waals surface area contributed by atoms with Gasteiger partial charge in [0.15, 0.2) is 0 Å². The lowest BCUT2D eigenvalue weighted by atomic mass is 10.3. The Morgan fingerprint density at radius 2 is 0.885 bits per heavy atom. The predicted molar refractivity (Wildman–Crippen MR) is 43.9 cm³/mol. The summed E-state index contributed by atoms with van der Waals surface area (Å²) in [4.78, 5) is 0. The van der Waals surface area contributed by atoms with Gasteiger partial charge in [-0.3, -0.25) is 9.47 Å². The second-order valence-corrected chi connectivity index (χ2v) is 4.17. The SMILES string of the molecule is FC(OC(F)(F)C(F)(F)C(F)(F)F)C(F)(F)OC(C(F)(F)F)C(F)(F)F. The van der Waals surface area contributed by atoms with Crippen LogP contribution in [-0.4, -0.2) is 49.1 Å². The first-order chi connectivity index (χ1) is 11.0. The van der Waals surface area contributed by atoms with Crippen LogP contribution >= 0.6 is 0 Å². The molecule has 0 aromatic carbocycles. The maximum Gasteiger partial charge on any atom is 0.462 e. The molecule has 1 unspecified atom stereocenters. The van der Waals surface area contributed by atoms with E-state index in [0.29, 0.717) is 0 Å². The maximum atomic E-state index is 12.8. The van der Waals surface area contributed by atoms with Crippen LogP contribution in [0.15, 0.2) is 0 Å². The Balaban J connectivity index is 5.56. The number of ether oxygens (including phenoxy) is 2. The molecule has 0 aliphatic heterocycles. The van der Waals surface area contributed by atoms with Crippen LogP contribution < -0.4 is 0 Å². The van der Waals surface area contributed by atoms with E-state index in [1.54, 1.807) is 4.74 Å². The zero-order valence-corrected chi connectivity index (χ0v) is 11.0. The smallest absolute Gasteiger partial charge is 0.293 e. The molecule has 0 aromatic heterocycles. The van der Waals surface area contributed by atoms with Crippen LogP contribution in [0.2, 0.25) is 0 Å². The first-order valence-corrected chi connectivity index (χ1v) is 5.30. The van der Waals surface area contributed by atoms with E-state index in [2.05, 4.69) is 0 Å². The first-order valence-electron chi connectivity index (χ1n) is 5.30. The fourth-order valence-corrected chi connectivity index (χ4v) is 0.967. The van der Waals surface area contributed by atoms with Gasteiger partial charge in [0.1, 0.15) is 0 Å². The zero-order valence-electron chi connectivity index (χ0n) is 11.0. The van der Waals surface area contributed by atoms with Crippen molar-refractivity contribution in [1.29, 1.82) is 0 Å². The fraction of sp³-hybridized carbons (Fsp3) is 1.00. The maximum absolute atomic E-state index is 12.8. The molecule has 18 heteroatoms. The molecule has 158 valence electrons. The molecular formula is C8H2F16O2. The zero-order chi connectivity index (χ0) is 21.6. The van der Waals surface area contributed by atoms with E-state index in [4.69, 9.17) is 0 Å². The highest BCUT2D eigenvalue weighted by Gasteiger charge is 2.76. The topological polar surface area (TPSA) is 18.5 Å². The Bertz CT molecular complexity index is 458. The van der Waals surface area contributed by atoms with Crippen molar-refractivity contribution in [2.45, 2.75) is 49.1 Å². The lowest BCUT2D eigenvalue weighted by molar-refractivity contribution is -0.478. The van der Waals surface area contributed by atoms with E-state index in [9.17, 15) is 70.2 Å². The van der Waals surface area contributed by atoms with Gasteiger partial charge in [0.25, 0.3) is 12.5 Å². The van der Waals surface area contributed by atoms with Gasteiger partial charge in [-0.05, 0) is 0 Å². The minimum atomic E-state index is -7.34. The summed E-state index contributed by atoms with van der Waals surface area (Å²) in [7, 11) is 0. The quantitative estimate of drug-likeness (QED) is 0.536. The Hall–Kier alpha value is -1.20. The molecule has 26 heavy (non-hydrogen) atoms. The van der Waals surface area contributed by atoms with Gasteiger partial charge in [-0.2, -0.15) is 65.9 Å². The van der Waals surface area contributed by atoms with E-state index in [1.165, 1.54) is 0 Å². The van der Waals surface area contributed by atoms with Crippen molar-refractivity contribution in [3.8, 4) is 0 Å². The summed E-state index contributed by atoms with van der Waals surface area (Å²) in [6.45, 7) is 0. The molecule has 0 aliphatic carbocycles. The van der Waals surface area contributed by atoms with E-state index in [1.807, 2.05) is 4.74 Å². The van der Waals surface area contributed by atoms with Gasteiger partial charge in [-0.15, -0.1) is 0 Å². The lowest BCUT2D eigenvalue weighted by Gasteiger charge is -2.32. The Morgan fingerprint density at radius 1 is 0.538 bits per heavy atom. The molecule has 0 radical (unpaired) electrons. The summed E-state index contributed by atoms with van der Waals surface area (Å²) in [6.07, 6.45) is -45.6. The highest BCUT2D eigenvalue weighted by Crippen LogP contribution is 2.49. The van der Waals surface area contributed by atoms with Gasteiger partial charge >= 0.3 is 36.7 Å². The van der Waals surface area contributed by atoms with Crippen molar-refractivity contribution < 1.29 is 79.7 Å². The molecular weight excluding hydrogens is 432 g/mol. The van der Waals surface area contributed by atoms with Gasteiger partial charge in [-0.25, -0.2) is 4.39 Å². The van der Waals surface area contributed by atoms with Crippen molar-refractivity contribution in [2.75, 3.05) is 0 Å². The van der Waals surface area contributed by atoms with E-state index >= 15 is 0 Å². The Morgan fingerprint density at radius 3 is 1.15 bits per heavy atom. The number of hydrogen-bond donors (Lipinski definition) is 0. The van der Waals surface area contributed by atoms with Crippen LogP contribution in [0.5, 0.6) is 0 Å². The first kappa shape index (κ1) is 24.8. The molecule has 1 atom stereocenters. The van der Waals surface area contributed by atoms with Crippen LogP contribution in [0.25, 0.3) is 0 Å². The minimum absolute atomic E-state index is 1.74. The molecule has 0 N–H and O–H groups in total. The molecule has 0 saturated heterocycles. The van der Waals surface area contributed by atoms with Crippen molar-refractivity contribution >= 4 is 0 Å². The standard InChI is InChI=1S/C8H2F16O2/c9-2(26-8(23,24)6(18,19)7(20,21)22)5(16,17)25-1(3(10,11)12)4(13,14)15/h1-2H. The van der Waals surface area contributed by atoms with Crippen molar-refractivity contribution in [1.82, 2.24) is 0 Å². The molecule has 0 fully saturated rings. The van der Waals surface area contributed by atoms with E-state index in [-0.39, 0.29) is 0 Å². The molecule has 0 heterocycles. The summed E-state index contributed by atoms with van der Waals surface area (Å²) in [6, 6.07) is 0. The average Bonchev–Trinajstić information content (AvgIpc) is 2.31. The molecule has 0 rings (SSSR count). The third kappa shape index (κ3) is 5.40. The third-order valence-corrected chi connectivity index (χ3v) is 2.11. The van der Waals surface area contributed by atoms with Crippen LogP contribution in [0.3, 0.4) is 0 Å². The van der Waals surface area contributed by atoms with Crippen molar-refractivity contribution in [3.05, 3.63) is 0 Å². The Kier molecular flexibility index (Phi) is 6.44. The summed E-state index contributed by atoms with van der Waals surface area (Å²) in [5, 5.41) is 0. The highest BCUT2D eigenvalue weighted by molar-refractivity contribution is 4.86. The Labute approximate surface area is 130 Å². The normalized spacial score (nSPS) is 17.0. The summed E-state index contributed by atoms with van der Waals surface area (Å²) >= 11 is 0. The second-order valence-electron chi connectivity index (χ2n) is 4.17. The van der Waals surface area contributed by atoms with E-state index in [0.717, 1.165) is 0 Å². The largest absolute Gasteiger partial charge is 0.462 e. The molecule has 0 saturated carbocycles. The van der Waals surface area contributed by atoms with E-state index < -0.39 is 49.1 Å². The molecule has 0 spiro atoms. The fourth-order valence-electron chi connectivity index (χ4n) is 0.967. The summed E-state index contributed by atoms with van der Waals surface area (Å²) in [5.41, 5.74) is 0. The average molecular weight is 434 g/mol. The number of hydrogen-bond acceptors (Lipinski definition) is 2. The van der Waals surface area contributed by atoms with Crippen LogP contribution in [0, 0.1) is 0 Å². The van der Waals surface area contributed by atoms with Crippen molar-refractivity contribution in [2.24, 2.45) is 0 Å². The summed E-state index contributed by atoms with van der Waals surface area (Å²) in [5.74, 6) is -7.34. The summed E-state index contributed by atoms with van der Waals surface area (Å²) < 4.78 is 198. The molecule has 2 nitrogen and oxygen atoms in total. The number of rotatable bonds is 6. The van der Waals surface area contributed by atoms with Crippen LogP contribution in [0.4, 0.5) is 70.2 Å². The van der Waals surface area contributed by atoms with Crippen LogP contribution in [-0.2, 0) is 9.47 Å². The minimum Gasteiger partial charge on any atom is -0.293 e.